The second-order valence-corrected chi connectivity index (χ2v) is 4.44. The molecule has 6 nitrogen and oxygen atoms in total. The van der Waals surface area contributed by atoms with Crippen molar-refractivity contribution in [2.24, 2.45) is 0 Å². The number of carbonyl (C=O) groups excluding carboxylic acids is 1. The summed E-state index contributed by atoms with van der Waals surface area (Å²) in [7, 11) is 0. The Morgan fingerprint density at radius 2 is 2.18 bits per heavy atom. The second kappa shape index (κ2) is 6.19. The van der Waals surface area contributed by atoms with E-state index in [1.54, 1.807) is 6.92 Å². The summed E-state index contributed by atoms with van der Waals surface area (Å²) in [5.74, 6) is -1.12. The average Bonchev–Trinajstić information content (AvgIpc) is 2.65. The lowest BCUT2D eigenvalue weighted by Crippen LogP contribution is -2.30. The number of carboxylic acid groups (broad SMARTS) is 1. The van der Waals surface area contributed by atoms with E-state index >= 15 is 0 Å². The Hall–Kier alpha value is -1.63. The molecule has 0 aromatic carbocycles. The van der Waals surface area contributed by atoms with Crippen LogP contribution in [-0.4, -0.2) is 35.1 Å². The third-order valence-electron chi connectivity index (χ3n) is 1.96. The number of hydrogen-bond acceptors (Lipinski definition) is 5. The van der Waals surface area contributed by atoms with Gasteiger partial charge in [-0.15, -0.1) is 0 Å². The number of rotatable bonds is 6. The number of thiazole rings is 1. The summed E-state index contributed by atoms with van der Waals surface area (Å²) in [5.41, 5.74) is 0.457. The molecule has 17 heavy (non-hydrogen) atoms. The highest BCUT2D eigenvalue weighted by Crippen LogP contribution is 2.21. The highest BCUT2D eigenvalue weighted by atomic mass is 32.1. The summed E-state index contributed by atoms with van der Waals surface area (Å²) in [6.45, 7) is 4.34. The molecule has 1 heterocycles. The van der Waals surface area contributed by atoms with E-state index in [-0.39, 0.29) is 17.3 Å². The third-order valence-corrected chi connectivity index (χ3v) is 3.07. The molecule has 0 saturated carbocycles. The average molecular weight is 257 g/mol. The topological polar surface area (TPSA) is 91.3 Å². The summed E-state index contributed by atoms with van der Waals surface area (Å²) in [5, 5.41) is 14.8. The maximum absolute atomic E-state index is 11.3. The van der Waals surface area contributed by atoms with E-state index in [2.05, 4.69) is 15.6 Å². The van der Waals surface area contributed by atoms with Crippen LogP contribution >= 0.6 is 11.3 Å². The largest absolute Gasteiger partial charge is 0.477 e. The normalized spacial score (nSPS) is 10.0. The maximum atomic E-state index is 11.3. The summed E-state index contributed by atoms with van der Waals surface area (Å²) in [6.07, 6.45) is 0.880. The van der Waals surface area contributed by atoms with Gasteiger partial charge >= 0.3 is 5.97 Å². The van der Waals surface area contributed by atoms with Crippen LogP contribution in [0.3, 0.4) is 0 Å². The van der Waals surface area contributed by atoms with Crippen molar-refractivity contribution >= 4 is 28.3 Å². The molecule has 7 heteroatoms. The highest BCUT2D eigenvalue weighted by Gasteiger charge is 2.14. The van der Waals surface area contributed by atoms with Gasteiger partial charge in [-0.25, -0.2) is 9.78 Å². The van der Waals surface area contributed by atoms with Crippen LogP contribution in [0.15, 0.2) is 0 Å². The lowest BCUT2D eigenvalue weighted by molar-refractivity contribution is -0.119. The predicted molar refractivity (Wildman–Crippen MR) is 65.6 cm³/mol. The van der Waals surface area contributed by atoms with E-state index in [1.165, 1.54) is 0 Å². The monoisotopic (exact) mass is 257 g/mol. The smallest absolute Gasteiger partial charge is 0.347 e. The quantitative estimate of drug-likeness (QED) is 0.709. The zero-order valence-electron chi connectivity index (χ0n) is 9.74. The van der Waals surface area contributed by atoms with Crippen molar-refractivity contribution in [2.75, 3.05) is 18.4 Å². The number of nitrogens with zero attached hydrogens (tertiary/aromatic N) is 1. The Morgan fingerprint density at radius 1 is 1.47 bits per heavy atom. The van der Waals surface area contributed by atoms with Gasteiger partial charge in [0.1, 0.15) is 4.88 Å². The number of aryl methyl sites for hydroxylation is 1. The molecule has 0 aliphatic heterocycles. The molecule has 0 aliphatic carbocycles. The van der Waals surface area contributed by atoms with Gasteiger partial charge in [-0.1, -0.05) is 18.3 Å². The van der Waals surface area contributed by atoms with E-state index in [4.69, 9.17) is 5.11 Å². The molecule has 0 aliphatic rings. The van der Waals surface area contributed by atoms with Crippen molar-refractivity contribution in [3.05, 3.63) is 10.6 Å². The van der Waals surface area contributed by atoms with Gasteiger partial charge in [0.25, 0.3) is 0 Å². The van der Waals surface area contributed by atoms with Crippen molar-refractivity contribution in [1.82, 2.24) is 10.3 Å². The third kappa shape index (κ3) is 4.03. The van der Waals surface area contributed by atoms with Crippen LogP contribution in [0, 0.1) is 6.92 Å². The highest BCUT2D eigenvalue weighted by molar-refractivity contribution is 7.17. The molecule has 1 aromatic rings. The van der Waals surface area contributed by atoms with Crippen molar-refractivity contribution in [2.45, 2.75) is 20.3 Å². The number of aromatic carboxylic acids is 1. The number of aromatic nitrogens is 1. The number of carbonyl (C=O) groups is 2. The van der Waals surface area contributed by atoms with Gasteiger partial charge < -0.3 is 15.7 Å². The Morgan fingerprint density at radius 3 is 2.71 bits per heavy atom. The van der Waals surface area contributed by atoms with Gasteiger partial charge in [-0.05, 0) is 13.3 Å². The van der Waals surface area contributed by atoms with E-state index < -0.39 is 5.97 Å². The van der Waals surface area contributed by atoms with E-state index in [0.29, 0.717) is 17.4 Å². The van der Waals surface area contributed by atoms with Gasteiger partial charge in [0, 0.05) is 6.54 Å². The molecule has 0 fully saturated rings. The van der Waals surface area contributed by atoms with E-state index in [1.807, 2.05) is 6.92 Å². The zero-order chi connectivity index (χ0) is 12.8. The molecular formula is C10H15N3O3S. The van der Waals surface area contributed by atoms with Crippen LogP contribution in [0.5, 0.6) is 0 Å². The van der Waals surface area contributed by atoms with Gasteiger partial charge in [-0.2, -0.15) is 0 Å². The molecule has 0 spiro atoms. The Balaban J connectivity index is 2.50. The second-order valence-electron chi connectivity index (χ2n) is 3.44. The number of amides is 1. The molecule has 1 amide bonds. The zero-order valence-corrected chi connectivity index (χ0v) is 10.6. The first kappa shape index (κ1) is 13.4. The summed E-state index contributed by atoms with van der Waals surface area (Å²) in [6, 6.07) is 0. The van der Waals surface area contributed by atoms with E-state index in [9.17, 15) is 9.59 Å². The number of anilines is 1. The van der Waals surface area contributed by atoms with Crippen molar-refractivity contribution in [3.63, 3.8) is 0 Å². The van der Waals surface area contributed by atoms with Gasteiger partial charge in [0.2, 0.25) is 5.91 Å². The molecule has 0 unspecified atom stereocenters. The number of nitrogens with one attached hydrogen (secondary N) is 2. The lowest BCUT2D eigenvalue weighted by Gasteiger charge is -2.03. The molecule has 1 aromatic heterocycles. The van der Waals surface area contributed by atoms with Gasteiger partial charge in [0.05, 0.1) is 12.2 Å². The van der Waals surface area contributed by atoms with Crippen LogP contribution in [0.2, 0.25) is 0 Å². The summed E-state index contributed by atoms with van der Waals surface area (Å²) < 4.78 is 0. The van der Waals surface area contributed by atoms with Crippen LogP contribution in [0.4, 0.5) is 5.13 Å². The van der Waals surface area contributed by atoms with Crippen molar-refractivity contribution < 1.29 is 14.7 Å². The Labute approximate surface area is 103 Å². The SMILES string of the molecule is CCCNC(=O)CNc1nc(C)c(C(=O)O)s1. The van der Waals surface area contributed by atoms with E-state index in [0.717, 1.165) is 17.8 Å². The molecule has 0 atom stereocenters. The minimum atomic E-state index is -0.997. The number of hydrogen-bond donors (Lipinski definition) is 3. The van der Waals surface area contributed by atoms with Crippen molar-refractivity contribution in [1.29, 1.82) is 0 Å². The van der Waals surface area contributed by atoms with Gasteiger partial charge in [0.15, 0.2) is 5.13 Å². The Kier molecular flexibility index (Phi) is 4.89. The van der Waals surface area contributed by atoms with Crippen LogP contribution < -0.4 is 10.6 Å². The summed E-state index contributed by atoms with van der Waals surface area (Å²) >= 11 is 1.03. The molecule has 0 radical (unpaired) electrons. The molecule has 0 bridgehead atoms. The lowest BCUT2D eigenvalue weighted by atomic mass is 10.4. The first-order valence-electron chi connectivity index (χ1n) is 5.26. The predicted octanol–water partition coefficient (Wildman–Crippen LogP) is 1.09. The minimum absolute atomic E-state index is 0.103. The standard InChI is InChI=1S/C10H15N3O3S/c1-3-4-11-7(14)5-12-10-13-6(2)8(17-10)9(15)16/h3-5H2,1-2H3,(H,11,14)(H,12,13)(H,15,16). The maximum Gasteiger partial charge on any atom is 0.347 e. The Bertz CT molecular complexity index is 417. The molecule has 94 valence electrons. The molecule has 3 N–H and O–H groups in total. The van der Waals surface area contributed by atoms with Crippen LogP contribution in [0.1, 0.15) is 28.7 Å². The molecular weight excluding hydrogens is 242 g/mol. The van der Waals surface area contributed by atoms with Crippen LogP contribution in [-0.2, 0) is 4.79 Å². The molecule has 1 rings (SSSR count). The fourth-order valence-electron chi connectivity index (χ4n) is 1.15. The first-order chi connectivity index (χ1) is 8.04. The minimum Gasteiger partial charge on any atom is -0.477 e. The fourth-order valence-corrected chi connectivity index (χ4v) is 1.95. The first-order valence-corrected chi connectivity index (χ1v) is 6.07. The fraction of sp³-hybridized carbons (Fsp3) is 0.500. The summed E-state index contributed by atoms with van der Waals surface area (Å²) in [4.78, 5) is 26.3. The van der Waals surface area contributed by atoms with Gasteiger partial charge in [-0.3, -0.25) is 4.79 Å². The van der Waals surface area contributed by atoms with Crippen LogP contribution in [0.25, 0.3) is 0 Å². The number of carboxylic acids is 1. The van der Waals surface area contributed by atoms with Crippen molar-refractivity contribution in [3.8, 4) is 0 Å². The molecule has 0 saturated heterocycles.